The summed E-state index contributed by atoms with van der Waals surface area (Å²) in [6.07, 6.45) is 0. The number of carbonyl (C=O) groups is 1. The van der Waals surface area contributed by atoms with Crippen LogP contribution in [0, 0.1) is 34.1 Å². The minimum atomic E-state index is -0.914. The molecule has 0 radical (unpaired) electrons. The monoisotopic (exact) mass is 392 g/mol. The van der Waals surface area contributed by atoms with Crippen LogP contribution in [-0.4, -0.2) is 15.8 Å². The van der Waals surface area contributed by atoms with Gasteiger partial charge >= 0.3 is 5.97 Å². The number of rotatable bonds is 5. The fourth-order valence-corrected chi connectivity index (χ4v) is 2.77. The molecule has 8 heteroatoms. The summed E-state index contributed by atoms with van der Waals surface area (Å²) in [6, 6.07) is 15.9. The van der Waals surface area contributed by atoms with Crippen molar-refractivity contribution in [3.05, 3.63) is 97.6 Å². The Bertz CT molecular complexity index is 1090. The van der Waals surface area contributed by atoms with E-state index in [0.717, 1.165) is 34.9 Å². The molecule has 3 rings (SSSR count). The first-order valence-corrected chi connectivity index (χ1v) is 8.58. The van der Waals surface area contributed by atoms with Crippen molar-refractivity contribution in [3.63, 3.8) is 0 Å². The van der Waals surface area contributed by atoms with Gasteiger partial charge in [-0.2, -0.15) is 0 Å². The van der Waals surface area contributed by atoms with E-state index < -0.39 is 27.2 Å². The van der Waals surface area contributed by atoms with Crippen LogP contribution in [0.1, 0.15) is 21.5 Å². The fourth-order valence-electron chi connectivity index (χ4n) is 2.77. The molecule has 0 spiro atoms. The molecule has 0 aliphatic rings. The number of non-ortho nitro benzene ring substituents is 2. The van der Waals surface area contributed by atoms with Crippen molar-refractivity contribution < 1.29 is 19.4 Å². The number of aryl methyl sites for hydroxylation is 2. The second-order valence-electron chi connectivity index (χ2n) is 6.49. The molecule has 8 nitrogen and oxygen atoms in total. The van der Waals surface area contributed by atoms with Crippen LogP contribution in [0.2, 0.25) is 0 Å². The van der Waals surface area contributed by atoms with Crippen LogP contribution in [0.5, 0.6) is 5.75 Å². The maximum Gasteiger partial charge on any atom is 0.344 e. The lowest BCUT2D eigenvalue weighted by Crippen LogP contribution is -2.10. The summed E-state index contributed by atoms with van der Waals surface area (Å²) in [5, 5.41) is 22.0. The van der Waals surface area contributed by atoms with Gasteiger partial charge in [0.2, 0.25) is 0 Å². The SMILES string of the molecule is Cc1ccc(-c2ccc(OC(=O)c3cc([N+](=O)[O-])cc([N+](=O)[O-])c3)c(C)c2)cc1. The van der Waals surface area contributed by atoms with Crippen LogP contribution in [-0.2, 0) is 0 Å². The van der Waals surface area contributed by atoms with Crippen molar-refractivity contribution in [2.75, 3.05) is 0 Å². The van der Waals surface area contributed by atoms with Crippen LogP contribution in [0.15, 0.2) is 60.7 Å². The normalized spacial score (nSPS) is 10.4. The summed E-state index contributed by atoms with van der Waals surface area (Å²) in [4.78, 5) is 32.8. The predicted octanol–water partition coefficient (Wildman–Crippen LogP) is 5.01. The summed E-state index contributed by atoms with van der Waals surface area (Å²) in [6.45, 7) is 3.76. The zero-order valence-electron chi connectivity index (χ0n) is 15.6. The van der Waals surface area contributed by atoms with Gasteiger partial charge in [-0.1, -0.05) is 35.9 Å². The summed E-state index contributed by atoms with van der Waals surface area (Å²) in [7, 11) is 0. The first kappa shape index (κ1) is 19.7. The van der Waals surface area contributed by atoms with Crippen molar-refractivity contribution in [1.29, 1.82) is 0 Å². The highest BCUT2D eigenvalue weighted by molar-refractivity contribution is 5.93. The van der Waals surface area contributed by atoms with Gasteiger partial charge in [-0.25, -0.2) is 4.79 Å². The van der Waals surface area contributed by atoms with Gasteiger partial charge in [0, 0.05) is 12.1 Å². The Balaban J connectivity index is 1.88. The average Bonchev–Trinajstić information content (AvgIpc) is 2.69. The van der Waals surface area contributed by atoms with Crippen molar-refractivity contribution in [2.45, 2.75) is 13.8 Å². The van der Waals surface area contributed by atoms with E-state index in [9.17, 15) is 25.0 Å². The van der Waals surface area contributed by atoms with Crippen LogP contribution in [0.4, 0.5) is 11.4 Å². The Morgan fingerprint density at radius 2 is 1.34 bits per heavy atom. The highest BCUT2D eigenvalue weighted by atomic mass is 16.6. The lowest BCUT2D eigenvalue weighted by Gasteiger charge is -2.10. The Morgan fingerprint density at radius 3 is 1.86 bits per heavy atom. The number of benzene rings is 3. The summed E-state index contributed by atoms with van der Waals surface area (Å²) in [5.74, 6) is -0.650. The largest absolute Gasteiger partial charge is 0.423 e. The smallest absolute Gasteiger partial charge is 0.344 e. The van der Waals surface area contributed by atoms with Crippen LogP contribution < -0.4 is 4.74 Å². The summed E-state index contributed by atoms with van der Waals surface area (Å²) in [5.41, 5.74) is 2.38. The van der Waals surface area contributed by atoms with Crippen molar-refractivity contribution in [2.24, 2.45) is 0 Å². The number of esters is 1. The summed E-state index contributed by atoms with van der Waals surface area (Å²) >= 11 is 0. The first-order valence-electron chi connectivity index (χ1n) is 8.58. The predicted molar refractivity (Wildman–Crippen MR) is 106 cm³/mol. The second-order valence-corrected chi connectivity index (χ2v) is 6.49. The minimum absolute atomic E-state index is 0.264. The van der Waals surface area contributed by atoms with E-state index in [2.05, 4.69) is 0 Å². The molecule has 3 aromatic carbocycles. The zero-order valence-corrected chi connectivity index (χ0v) is 15.6. The van der Waals surface area contributed by atoms with Gasteiger partial charge in [0.25, 0.3) is 11.4 Å². The van der Waals surface area contributed by atoms with E-state index in [4.69, 9.17) is 4.74 Å². The molecule has 29 heavy (non-hydrogen) atoms. The number of nitro benzene ring substituents is 2. The van der Waals surface area contributed by atoms with E-state index in [1.165, 1.54) is 0 Å². The van der Waals surface area contributed by atoms with E-state index in [1.54, 1.807) is 19.1 Å². The van der Waals surface area contributed by atoms with E-state index in [1.807, 2.05) is 37.3 Å². The highest BCUT2D eigenvalue weighted by Crippen LogP contribution is 2.28. The quantitative estimate of drug-likeness (QED) is 0.261. The molecule has 0 bridgehead atoms. The Morgan fingerprint density at radius 1 is 0.793 bits per heavy atom. The molecular weight excluding hydrogens is 376 g/mol. The number of carbonyl (C=O) groups excluding carboxylic acids is 1. The number of nitrogens with zero attached hydrogens (tertiary/aromatic N) is 2. The Hall–Kier alpha value is -4.07. The van der Waals surface area contributed by atoms with Crippen LogP contribution >= 0.6 is 0 Å². The Labute approximate surface area is 165 Å². The molecule has 0 fully saturated rings. The third-order valence-electron chi connectivity index (χ3n) is 4.32. The molecule has 0 N–H and O–H groups in total. The molecule has 0 aromatic heterocycles. The molecule has 0 atom stereocenters. The number of nitro groups is 2. The van der Waals surface area contributed by atoms with Crippen LogP contribution in [0.3, 0.4) is 0 Å². The van der Waals surface area contributed by atoms with Gasteiger partial charge in [0.1, 0.15) is 5.75 Å². The molecular formula is C21H16N2O6. The van der Waals surface area contributed by atoms with Crippen LogP contribution in [0.25, 0.3) is 11.1 Å². The highest BCUT2D eigenvalue weighted by Gasteiger charge is 2.21. The first-order chi connectivity index (χ1) is 13.7. The van der Waals surface area contributed by atoms with Crippen molar-refractivity contribution >= 4 is 17.3 Å². The van der Waals surface area contributed by atoms with Gasteiger partial charge in [-0.15, -0.1) is 0 Å². The molecule has 0 unspecified atom stereocenters. The minimum Gasteiger partial charge on any atom is -0.423 e. The number of hydrogen-bond donors (Lipinski definition) is 0. The molecule has 0 amide bonds. The maximum atomic E-state index is 12.4. The third kappa shape index (κ3) is 4.44. The van der Waals surface area contributed by atoms with Crippen molar-refractivity contribution in [1.82, 2.24) is 0 Å². The number of hydrogen-bond acceptors (Lipinski definition) is 6. The maximum absolute atomic E-state index is 12.4. The third-order valence-corrected chi connectivity index (χ3v) is 4.32. The van der Waals surface area contributed by atoms with E-state index in [0.29, 0.717) is 5.56 Å². The standard InChI is InChI=1S/C21H16N2O6/c1-13-3-5-15(6-4-13)16-7-8-20(14(2)9-16)29-21(24)17-10-18(22(25)26)12-19(11-17)23(27)28/h3-12H,1-2H3. The molecule has 0 aliphatic heterocycles. The lowest BCUT2D eigenvalue weighted by atomic mass is 10.0. The molecule has 3 aromatic rings. The molecule has 0 saturated carbocycles. The van der Waals surface area contributed by atoms with Crippen molar-refractivity contribution in [3.8, 4) is 16.9 Å². The topological polar surface area (TPSA) is 113 Å². The molecule has 0 saturated heterocycles. The van der Waals surface area contributed by atoms with Gasteiger partial charge in [0.15, 0.2) is 0 Å². The fraction of sp³-hybridized carbons (Fsp3) is 0.0952. The van der Waals surface area contributed by atoms with Gasteiger partial charge < -0.3 is 4.74 Å². The number of ether oxygens (including phenoxy) is 1. The van der Waals surface area contributed by atoms with E-state index >= 15 is 0 Å². The lowest BCUT2D eigenvalue weighted by molar-refractivity contribution is -0.394. The second kappa shape index (κ2) is 7.89. The molecule has 146 valence electrons. The van der Waals surface area contributed by atoms with E-state index in [-0.39, 0.29) is 11.3 Å². The van der Waals surface area contributed by atoms with Gasteiger partial charge in [-0.3, -0.25) is 20.2 Å². The van der Waals surface area contributed by atoms with Gasteiger partial charge in [0.05, 0.1) is 21.5 Å². The molecule has 0 aliphatic carbocycles. The van der Waals surface area contributed by atoms with Gasteiger partial charge in [-0.05, 0) is 42.7 Å². The zero-order chi connectivity index (χ0) is 21.1. The Kier molecular flexibility index (Phi) is 5.36. The molecule has 0 heterocycles. The average molecular weight is 392 g/mol. The summed E-state index contributed by atoms with van der Waals surface area (Å²) < 4.78 is 5.33.